The van der Waals surface area contributed by atoms with E-state index in [1.165, 1.54) is 31.2 Å². The lowest BCUT2D eigenvalue weighted by molar-refractivity contribution is 0.0469. The summed E-state index contributed by atoms with van der Waals surface area (Å²) in [4.78, 5) is 34.7. The third kappa shape index (κ3) is 4.67. The van der Waals surface area contributed by atoms with E-state index in [4.69, 9.17) is 15.2 Å². The molecule has 0 atom stereocenters. The van der Waals surface area contributed by atoms with Gasteiger partial charge in [0.05, 0.1) is 12.2 Å². The van der Waals surface area contributed by atoms with Gasteiger partial charge in [0.2, 0.25) is 5.91 Å². The van der Waals surface area contributed by atoms with Gasteiger partial charge in [0.15, 0.2) is 5.78 Å². The van der Waals surface area contributed by atoms with Crippen molar-refractivity contribution in [2.45, 2.75) is 20.5 Å². The van der Waals surface area contributed by atoms with Crippen molar-refractivity contribution in [3.8, 4) is 5.75 Å². The third-order valence-corrected chi connectivity index (χ3v) is 3.53. The third-order valence-electron chi connectivity index (χ3n) is 3.53. The molecule has 0 bridgehead atoms. The van der Waals surface area contributed by atoms with Gasteiger partial charge in [0.1, 0.15) is 12.4 Å². The highest BCUT2D eigenvalue weighted by molar-refractivity contribution is 5.95. The highest BCUT2D eigenvalue weighted by atomic mass is 16.5. The maximum atomic E-state index is 12.1. The van der Waals surface area contributed by atoms with Gasteiger partial charge in [-0.25, -0.2) is 4.79 Å². The summed E-state index contributed by atoms with van der Waals surface area (Å²) >= 11 is 0. The van der Waals surface area contributed by atoms with E-state index in [1.54, 1.807) is 18.2 Å². The molecule has 6 nitrogen and oxygen atoms in total. The Morgan fingerprint density at radius 1 is 0.960 bits per heavy atom. The highest BCUT2D eigenvalue weighted by Crippen LogP contribution is 2.22. The van der Waals surface area contributed by atoms with Crippen molar-refractivity contribution in [2.24, 2.45) is 5.73 Å². The monoisotopic (exact) mass is 341 g/mol. The molecular formula is C19H19NO5. The molecule has 25 heavy (non-hydrogen) atoms. The molecule has 0 unspecified atom stereocenters. The zero-order valence-corrected chi connectivity index (χ0v) is 14.1. The molecule has 0 spiro atoms. The van der Waals surface area contributed by atoms with Crippen LogP contribution < -0.4 is 10.5 Å². The number of amides is 1. The lowest BCUT2D eigenvalue weighted by Gasteiger charge is -2.12. The maximum Gasteiger partial charge on any atom is 0.338 e. The number of nitrogens with two attached hydrogens (primary N) is 1. The number of hydrogen-bond donors (Lipinski definition) is 1. The summed E-state index contributed by atoms with van der Waals surface area (Å²) in [5, 5.41) is 0. The molecule has 0 heterocycles. The number of rotatable bonds is 7. The molecule has 0 saturated heterocycles. The number of Topliss-reactive ketones (excluding diaryl/α,β-unsaturated/α-hetero) is 1. The molecule has 0 fully saturated rings. The summed E-state index contributed by atoms with van der Waals surface area (Å²) in [7, 11) is 0. The highest BCUT2D eigenvalue weighted by Gasteiger charge is 2.12. The minimum absolute atomic E-state index is 0.0349. The first kappa shape index (κ1) is 18.2. The van der Waals surface area contributed by atoms with Gasteiger partial charge in [-0.2, -0.15) is 0 Å². The summed E-state index contributed by atoms with van der Waals surface area (Å²) in [6.07, 6.45) is 0. The van der Waals surface area contributed by atoms with Gasteiger partial charge in [-0.05, 0) is 56.3 Å². The molecule has 0 aromatic heterocycles. The minimum Gasteiger partial charge on any atom is -0.493 e. The summed E-state index contributed by atoms with van der Waals surface area (Å²) in [5.74, 6) is -0.643. The Kier molecular flexibility index (Phi) is 5.89. The van der Waals surface area contributed by atoms with Crippen LogP contribution in [0, 0.1) is 0 Å². The van der Waals surface area contributed by atoms with E-state index < -0.39 is 11.9 Å². The maximum absolute atomic E-state index is 12.1. The Balaban J connectivity index is 2.13. The largest absolute Gasteiger partial charge is 0.493 e. The Morgan fingerprint density at radius 3 is 2.12 bits per heavy atom. The van der Waals surface area contributed by atoms with Crippen molar-refractivity contribution in [1.82, 2.24) is 0 Å². The predicted molar refractivity (Wildman–Crippen MR) is 91.7 cm³/mol. The first-order chi connectivity index (χ1) is 11.9. The van der Waals surface area contributed by atoms with E-state index in [9.17, 15) is 14.4 Å². The number of hydrogen-bond acceptors (Lipinski definition) is 5. The summed E-state index contributed by atoms with van der Waals surface area (Å²) in [6.45, 7) is 3.72. The van der Waals surface area contributed by atoms with Crippen molar-refractivity contribution in [3.63, 3.8) is 0 Å². The molecule has 0 radical (unpaired) electrons. The second kappa shape index (κ2) is 8.10. The molecule has 0 aliphatic carbocycles. The molecule has 0 saturated carbocycles. The van der Waals surface area contributed by atoms with Crippen LogP contribution in [0.25, 0.3) is 0 Å². The van der Waals surface area contributed by atoms with Crippen molar-refractivity contribution in [1.29, 1.82) is 0 Å². The minimum atomic E-state index is -0.567. The number of benzene rings is 2. The fraction of sp³-hybridized carbons (Fsp3) is 0.211. The second-order valence-electron chi connectivity index (χ2n) is 5.33. The molecule has 130 valence electrons. The van der Waals surface area contributed by atoms with Crippen LogP contribution in [-0.2, 0) is 11.3 Å². The van der Waals surface area contributed by atoms with Crippen molar-refractivity contribution in [2.75, 3.05) is 6.61 Å². The fourth-order valence-corrected chi connectivity index (χ4v) is 2.20. The van der Waals surface area contributed by atoms with Gasteiger partial charge < -0.3 is 15.2 Å². The predicted octanol–water partition coefficient (Wildman–Crippen LogP) is 2.74. The van der Waals surface area contributed by atoms with Crippen LogP contribution in [0.1, 0.15) is 50.5 Å². The van der Waals surface area contributed by atoms with Crippen molar-refractivity contribution in [3.05, 3.63) is 64.7 Å². The molecule has 2 aromatic carbocycles. The number of carbonyl (C=O) groups is 3. The van der Waals surface area contributed by atoms with Crippen LogP contribution in [0.5, 0.6) is 5.75 Å². The van der Waals surface area contributed by atoms with Crippen LogP contribution in [0.15, 0.2) is 42.5 Å². The molecule has 0 aliphatic heterocycles. The van der Waals surface area contributed by atoms with Crippen molar-refractivity contribution < 1.29 is 23.9 Å². The zero-order valence-electron chi connectivity index (χ0n) is 14.1. The van der Waals surface area contributed by atoms with E-state index >= 15 is 0 Å². The van der Waals surface area contributed by atoms with E-state index in [0.29, 0.717) is 34.6 Å². The van der Waals surface area contributed by atoms with Gasteiger partial charge in [0.25, 0.3) is 0 Å². The van der Waals surface area contributed by atoms with Gasteiger partial charge in [-0.3, -0.25) is 9.59 Å². The standard InChI is InChI=1S/C19H19NO5/c1-3-24-17-9-8-15(12(2)21)10-16(17)11-25-19(23)14-6-4-13(5-7-14)18(20)22/h4-10H,3,11H2,1-2H3,(H2,20,22). The van der Waals surface area contributed by atoms with E-state index in [0.717, 1.165) is 0 Å². The Labute approximate surface area is 145 Å². The topological polar surface area (TPSA) is 95.7 Å². The molecule has 6 heteroatoms. The number of primary amides is 1. The number of ether oxygens (including phenoxy) is 2. The second-order valence-corrected chi connectivity index (χ2v) is 5.33. The van der Waals surface area contributed by atoms with Crippen LogP contribution in [0.2, 0.25) is 0 Å². The van der Waals surface area contributed by atoms with E-state index in [-0.39, 0.29) is 12.4 Å². The Hall–Kier alpha value is -3.15. The quantitative estimate of drug-likeness (QED) is 0.617. The normalized spacial score (nSPS) is 10.2. The summed E-state index contributed by atoms with van der Waals surface area (Å²) < 4.78 is 10.8. The molecule has 0 aliphatic rings. The van der Waals surface area contributed by atoms with Gasteiger partial charge in [0, 0.05) is 16.7 Å². The lowest BCUT2D eigenvalue weighted by atomic mass is 10.1. The van der Waals surface area contributed by atoms with E-state index in [1.807, 2.05) is 6.92 Å². The fourth-order valence-electron chi connectivity index (χ4n) is 2.20. The molecule has 2 aromatic rings. The van der Waals surface area contributed by atoms with Gasteiger partial charge >= 0.3 is 5.97 Å². The van der Waals surface area contributed by atoms with Crippen LogP contribution in [0.4, 0.5) is 0 Å². The molecule has 2 N–H and O–H groups in total. The summed E-state index contributed by atoms with van der Waals surface area (Å²) in [6, 6.07) is 10.9. The number of carbonyl (C=O) groups excluding carboxylic acids is 3. The zero-order chi connectivity index (χ0) is 18.4. The average Bonchev–Trinajstić information content (AvgIpc) is 2.60. The van der Waals surface area contributed by atoms with Crippen LogP contribution in [-0.4, -0.2) is 24.3 Å². The number of esters is 1. The SMILES string of the molecule is CCOc1ccc(C(C)=O)cc1COC(=O)c1ccc(C(N)=O)cc1. The van der Waals surface area contributed by atoms with Crippen molar-refractivity contribution >= 4 is 17.7 Å². The average molecular weight is 341 g/mol. The number of ketones is 1. The van der Waals surface area contributed by atoms with E-state index in [2.05, 4.69) is 0 Å². The first-order valence-corrected chi connectivity index (χ1v) is 7.76. The Bertz CT molecular complexity index is 796. The first-order valence-electron chi connectivity index (χ1n) is 7.76. The van der Waals surface area contributed by atoms with Gasteiger partial charge in [-0.1, -0.05) is 0 Å². The molecular weight excluding hydrogens is 322 g/mol. The Morgan fingerprint density at radius 2 is 1.56 bits per heavy atom. The van der Waals surface area contributed by atoms with Crippen LogP contribution in [0.3, 0.4) is 0 Å². The van der Waals surface area contributed by atoms with Crippen LogP contribution >= 0.6 is 0 Å². The lowest BCUT2D eigenvalue weighted by Crippen LogP contribution is -2.12. The molecule has 2 rings (SSSR count). The van der Waals surface area contributed by atoms with Gasteiger partial charge in [-0.15, -0.1) is 0 Å². The summed E-state index contributed by atoms with van der Waals surface area (Å²) in [5.41, 5.74) is 6.89. The smallest absolute Gasteiger partial charge is 0.338 e. The molecule has 1 amide bonds.